The van der Waals surface area contributed by atoms with Crippen molar-refractivity contribution in [3.05, 3.63) is 29.2 Å². The molecule has 0 aromatic carbocycles. The van der Waals surface area contributed by atoms with E-state index >= 15 is 0 Å². The van der Waals surface area contributed by atoms with E-state index in [0.717, 1.165) is 43.4 Å². The van der Waals surface area contributed by atoms with Crippen LogP contribution in [0.1, 0.15) is 71.4 Å². The zero-order chi connectivity index (χ0) is 24.7. The Kier molecular flexibility index (Phi) is 6.64. The highest BCUT2D eigenvalue weighted by molar-refractivity contribution is 6.33. The molecule has 3 heterocycles. The molecule has 35 heavy (non-hydrogen) atoms. The number of rotatable bonds is 6. The number of carbonyl (C=O) groups is 2. The van der Waals surface area contributed by atoms with Crippen LogP contribution in [-0.4, -0.2) is 32.6 Å². The molecule has 2 fully saturated rings. The van der Waals surface area contributed by atoms with Crippen LogP contribution in [0.3, 0.4) is 0 Å². The van der Waals surface area contributed by atoms with Crippen molar-refractivity contribution in [2.45, 2.75) is 84.7 Å². The van der Waals surface area contributed by atoms with E-state index < -0.39 is 0 Å². The molecule has 1 aliphatic heterocycles. The fourth-order valence-corrected chi connectivity index (χ4v) is 6.72. The summed E-state index contributed by atoms with van der Waals surface area (Å²) in [6.07, 6.45) is 11.8. The SMILES string of the molecule is CC(=O)CC1CCC1C1CCCC(NC(=O)Nc2cc(-c3cnn4c3CC(C)(C)C4)c(Cl)cn2)C1. The number of carbonyl (C=O) groups excluding carboxylic acids is 2. The highest BCUT2D eigenvalue weighted by Crippen LogP contribution is 2.47. The predicted octanol–water partition coefficient (Wildman–Crippen LogP) is 5.87. The van der Waals surface area contributed by atoms with Crippen molar-refractivity contribution in [2.24, 2.45) is 23.2 Å². The average molecular weight is 498 g/mol. The molecule has 0 saturated heterocycles. The first-order valence-corrected chi connectivity index (χ1v) is 13.3. The normalized spacial score (nSPS) is 27.1. The molecule has 5 rings (SSSR count). The lowest BCUT2D eigenvalue weighted by atomic mass is 9.61. The Morgan fingerprint density at radius 1 is 1.17 bits per heavy atom. The quantitative estimate of drug-likeness (QED) is 0.522. The number of urea groups is 1. The molecule has 2 aromatic rings. The van der Waals surface area contributed by atoms with Gasteiger partial charge in [-0.25, -0.2) is 9.78 Å². The second-order valence-corrected chi connectivity index (χ2v) is 12.1. The van der Waals surface area contributed by atoms with Gasteiger partial charge in [0.15, 0.2) is 0 Å². The first-order valence-electron chi connectivity index (χ1n) is 13.0. The van der Waals surface area contributed by atoms with Gasteiger partial charge in [-0.3, -0.25) is 10.00 Å². The third-order valence-electron chi connectivity index (χ3n) is 8.24. The Labute approximate surface area is 212 Å². The Hall–Kier alpha value is -2.41. The molecular formula is C27H36ClN5O2. The van der Waals surface area contributed by atoms with Crippen LogP contribution in [0.15, 0.2) is 18.5 Å². The first kappa shape index (κ1) is 24.3. The summed E-state index contributed by atoms with van der Waals surface area (Å²) >= 11 is 6.51. The number of halogens is 1. The summed E-state index contributed by atoms with van der Waals surface area (Å²) in [4.78, 5) is 28.8. The molecule has 7 nitrogen and oxygen atoms in total. The van der Waals surface area contributed by atoms with E-state index in [2.05, 4.69) is 39.2 Å². The number of hydrogen-bond acceptors (Lipinski definition) is 4. The number of anilines is 1. The molecule has 0 radical (unpaired) electrons. The maximum absolute atomic E-state index is 12.8. The van der Waals surface area contributed by atoms with Gasteiger partial charge in [-0.2, -0.15) is 5.10 Å². The Balaban J connectivity index is 1.21. The zero-order valence-electron chi connectivity index (χ0n) is 20.9. The van der Waals surface area contributed by atoms with Crippen LogP contribution in [0, 0.1) is 23.2 Å². The lowest BCUT2D eigenvalue weighted by Gasteiger charge is -2.45. The number of nitrogens with zero attached hydrogens (tertiary/aromatic N) is 3. The summed E-state index contributed by atoms with van der Waals surface area (Å²) in [6.45, 7) is 7.06. The lowest BCUT2D eigenvalue weighted by molar-refractivity contribution is -0.119. The largest absolute Gasteiger partial charge is 0.335 e. The Bertz CT molecular complexity index is 1130. The number of hydrogen-bond donors (Lipinski definition) is 2. The van der Waals surface area contributed by atoms with Crippen molar-refractivity contribution in [3.8, 4) is 11.1 Å². The standard InChI is InChI=1S/C27H36ClN5O2/c1-16(34)9-18-7-8-20(18)17-5-4-6-19(10-17)31-26(35)32-25-11-21(23(28)14-29-25)22-13-30-33-15-27(2,3)12-24(22)33/h11,13-14,17-20H,4-10,12,15H2,1-3H3,(H2,29,31,32,35). The predicted molar refractivity (Wildman–Crippen MR) is 137 cm³/mol. The molecule has 2 N–H and O–H groups in total. The van der Waals surface area contributed by atoms with Gasteiger partial charge >= 0.3 is 6.03 Å². The van der Waals surface area contributed by atoms with E-state index in [1.165, 1.54) is 25.0 Å². The van der Waals surface area contributed by atoms with Crippen molar-refractivity contribution in [2.75, 3.05) is 5.32 Å². The molecule has 188 valence electrons. The van der Waals surface area contributed by atoms with Gasteiger partial charge in [-0.05, 0) is 68.3 Å². The molecule has 0 spiro atoms. The van der Waals surface area contributed by atoms with Crippen molar-refractivity contribution in [1.29, 1.82) is 0 Å². The minimum Gasteiger partial charge on any atom is -0.335 e. The molecule has 4 unspecified atom stereocenters. The maximum atomic E-state index is 12.8. The van der Waals surface area contributed by atoms with Crippen LogP contribution >= 0.6 is 11.6 Å². The van der Waals surface area contributed by atoms with Gasteiger partial charge in [0.05, 0.1) is 11.2 Å². The number of ketones is 1. The van der Waals surface area contributed by atoms with Crippen molar-refractivity contribution < 1.29 is 9.59 Å². The molecule has 2 aromatic heterocycles. The molecule has 0 bridgehead atoms. The summed E-state index contributed by atoms with van der Waals surface area (Å²) in [5.74, 6) is 2.55. The van der Waals surface area contributed by atoms with Crippen LogP contribution in [0.4, 0.5) is 10.6 Å². The fourth-order valence-electron chi connectivity index (χ4n) is 6.51. The summed E-state index contributed by atoms with van der Waals surface area (Å²) in [6, 6.07) is 1.77. The Morgan fingerprint density at radius 2 is 2.00 bits per heavy atom. The number of amides is 2. The van der Waals surface area contributed by atoms with E-state index in [0.29, 0.717) is 40.8 Å². The third-order valence-corrected chi connectivity index (χ3v) is 8.54. The van der Waals surface area contributed by atoms with Crippen LogP contribution in [0.25, 0.3) is 11.1 Å². The molecular weight excluding hydrogens is 462 g/mol. The maximum Gasteiger partial charge on any atom is 0.320 e. The first-order chi connectivity index (χ1) is 16.7. The van der Waals surface area contributed by atoms with Gasteiger partial charge in [0.2, 0.25) is 0 Å². The second kappa shape index (κ2) is 9.57. The second-order valence-electron chi connectivity index (χ2n) is 11.7. The minimum absolute atomic E-state index is 0.153. The third kappa shape index (κ3) is 5.25. The van der Waals surface area contributed by atoms with Crippen molar-refractivity contribution >= 4 is 29.2 Å². The minimum atomic E-state index is -0.230. The fraction of sp³-hybridized carbons (Fsp3) is 0.630. The van der Waals surface area contributed by atoms with Gasteiger partial charge in [0.25, 0.3) is 0 Å². The molecule has 2 saturated carbocycles. The van der Waals surface area contributed by atoms with Gasteiger partial charge < -0.3 is 10.1 Å². The van der Waals surface area contributed by atoms with E-state index in [4.69, 9.17) is 11.6 Å². The smallest absolute Gasteiger partial charge is 0.320 e. The monoisotopic (exact) mass is 497 g/mol. The van der Waals surface area contributed by atoms with Crippen LogP contribution in [-0.2, 0) is 17.8 Å². The van der Waals surface area contributed by atoms with Crippen LogP contribution in [0.5, 0.6) is 0 Å². The van der Waals surface area contributed by atoms with Gasteiger partial charge in [0.1, 0.15) is 11.6 Å². The highest BCUT2D eigenvalue weighted by atomic mass is 35.5. The van der Waals surface area contributed by atoms with Crippen molar-refractivity contribution in [1.82, 2.24) is 20.1 Å². The Morgan fingerprint density at radius 3 is 2.74 bits per heavy atom. The number of nitrogens with one attached hydrogen (secondary N) is 2. The highest BCUT2D eigenvalue weighted by Gasteiger charge is 2.39. The van der Waals surface area contributed by atoms with Gasteiger partial charge in [0, 0.05) is 42.0 Å². The van der Waals surface area contributed by atoms with Crippen molar-refractivity contribution in [3.63, 3.8) is 0 Å². The number of aromatic nitrogens is 3. The van der Waals surface area contributed by atoms with E-state index in [-0.39, 0.29) is 17.5 Å². The summed E-state index contributed by atoms with van der Waals surface area (Å²) in [7, 11) is 0. The molecule has 3 aliphatic rings. The molecule has 2 amide bonds. The van der Waals surface area contributed by atoms with Gasteiger partial charge in [-0.1, -0.05) is 38.3 Å². The topological polar surface area (TPSA) is 88.9 Å². The molecule has 8 heteroatoms. The molecule has 2 aliphatic carbocycles. The van der Waals surface area contributed by atoms with Gasteiger partial charge in [-0.15, -0.1) is 0 Å². The lowest BCUT2D eigenvalue weighted by Crippen LogP contribution is -2.44. The molecule has 4 atom stereocenters. The zero-order valence-corrected chi connectivity index (χ0v) is 21.7. The summed E-state index contributed by atoms with van der Waals surface area (Å²) in [5, 5.41) is 11.2. The van der Waals surface area contributed by atoms with Crippen LogP contribution < -0.4 is 10.6 Å². The van der Waals surface area contributed by atoms with E-state index in [1.807, 2.05) is 12.3 Å². The summed E-state index contributed by atoms with van der Waals surface area (Å²) < 4.78 is 2.05. The number of pyridine rings is 1. The summed E-state index contributed by atoms with van der Waals surface area (Å²) in [5.41, 5.74) is 3.19. The number of fused-ring (bicyclic) bond motifs is 1. The van der Waals surface area contributed by atoms with E-state index in [1.54, 1.807) is 13.1 Å². The average Bonchev–Trinajstić information content (AvgIpc) is 3.27. The number of Topliss-reactive ketones (excluding diaryl/α,β-unsaturated/α-hetero) is 1. The van der Waals surface area contributed by atoms with E-state index in [9.17, 15) is 9.59 Å². The van der Waals surface area contributed by atoms with Crippen LogP contribution in [0.2, 0.25) is 5.02 Å².